The van der Waals surface area contributed by atoms with Gasteiger partial charge in [0.05, 0.1) is 37.9 Å². The molecule has 0 radical (unpaired) electrons. The first kappa shape index (κ1) is 15.4. The maximum atomic E-state index is 12.6. The predicted octanol–water partition coefficient (Wildman–Crippen LogP) is 0.654. The molecule has 4 rings (SSSR count). The number of quaternary nitrogens is 1. The van der Waals surface area contributed by atoms with E-state index in [1.807, 2.05) is 12.1 Å². The molecule has 2 aliphatic rings. The van der Waals surface area contributed by atoms with Gasteiger partial charge in [-0.15, -0.1) is 0 Å². The number of hydrogen-bond donors (Lipinski definition) is 2. The highest BCUT2D eigenvalue weighted by atomic mass is 16.2. The van der Waals surface area contributed by atoms with Gasteiger partial charge in [-0.05, 0) is 31.4 Å². The monoisotopic (exact) mass is 326 g/mol. The molecule has 1 aromatic heterocycles. The molecule has 0 aliphatic carbocycles. The molecule has 126 valence electrons. The van der Waals surface area contributed by atoms with Gasteiger partial charge < -0.3 is 10.2 Å². The van der Waals surface area contributed by atoms with Crippen molar-refractivity contribution in [1.29, 1.82) is 0 Å². The standard InChI is InChI=1S/C19H24N4O/c1-22-12-9-15-18(14-7-3-4-8-16(14)20-19(15)22)21-17(24)13-23-10-5-2-6-11-23/h3-4,7-8H,2,5-6,9-13H2,1H3,(H,20,21,24)/p+2. The number of nitrogens with one attached hydrogen (secondary N) is 3. The molecule has 24 heavy (non-hydrogen) atoms. The third kappa shape index (κ3) is 2.84. The van der Waals surface area contributed by atoms with E-state index in [0.717, 1.165) is 48.5 Å². The van der Waals surface area contributed by atoms with E-state index in [-0.39, 0.29) is 5.91 Å². The molecular formula is C19H26N4O+2. The molecule has 1 fully saturated rings. The Balaban J connectivity index is 1.64. The van der Waals surface area contributed by atoms with Crippen LogP contribution in [0.1, 0.15) is 24.8 Å². The number of rotatable bonds is 3. The molecule has 5 heteroatoms. The van der Waals surface area contributed by atoms with Crippen LogP contribution in [0.4, 0.5) is 11.5 Å². The summed E-state index contributed by atoms with van der Waals surface area (Å²) < 4.78 is 0. The number of fused-ring (bicyclic) bond motifs is 2. The highest BCUT2D eigenvalue weighted by Crippen LogP contribution is 2.34. The fraction of sp³-hybridized carbons (Fsp3) is 0.474. The first-order valence-electron chi connectivity index (χ1n) is 9.04. The largest absolute Gasteiger partial charge is 0.327 e. The van der Waals surface area contributed by atoms with Crippen LogP contribution < -0.4 is 20.1 Å². The Morgan fingerprint density at radius 3 is 2.88 bits per heavy atom. The summed E-state index contributed by atoms with van der Waals surface area (Å²) in [5.41, 5.74) is 3.31. The maximum Gasteiger partial charge on any atom is 0.280 e. The number of benzene rings is 1. The van der Waals surface area contributed by atoms with Gasteiger partial charge in [0, 0.05) is 11.8 Å². The highest BCUT2D eigenvalue weighted by Gasteiger charge is 2.30. The Bertz CT molecular complexity index is 767. The van der Waals surface area contributed by atoms with Gasteiger partial charge in [0.25, 0.3) is 11.7 Å². The molecule has 0 spiro atoms. The van der Waals surface area contributed by atoms with Crippen molar-refractivity contribution in [3.05, 3.63) is 29.8 Å². The number of pyridine rings is 1. The second-order valence-corrected chi connectivity index (χ2v) is 7.08. The Kier molecular flexibility index (Phi) is 4.10. The van der Waals surface area contributed by atoms with Crippen LogP contribution in [0.2, 0.25) is 0 Å². The molecule has 1 amide bonds. The number of piperidine rings is 1. The molecule has 0 unspecified atom stereocenters. The maximum absolute atomic E-state index is 12.6. The molecule has 3 N–H and O–H groups in total. The van der Waals surface area contributed by atoms with Crippen LogP contribution in [-0.2, 0) is 11.2 Å². The molecule has 1 aromatic carbocycles. The summed E-state index contributed by atoms with van der Waals surface area (Å²) in [6, 6.07) is 8.23. The van der Waals surface area contributed by atoms with Crippen LogP contribution in [0.5, 0.6) is 0 Å². The Labute approximate surface area is 142 Å². The van der Waals surface area contributed by atoms with E-state index in [1.54, 1.807) is 0 Å². The summed E-state index contributed by atoms with van der Waals surface area (Å²) >= 11 is 0. The number of likely N-dealkylation sites (N-methyl/N-ethyl adjacent to an activating group) is 1. The number of hydrogen-bond acceptors (Lipinski definition) is 2. The summed E-state index contributed by atoms with van der Waals surface area (Å²) in [5.74, 6) is 1.27. The summed E-state index contributed by atoms with van der Waals surface area (Å²) in [7, 11) is 2.10. The summed E-state index contributed by atoms with van der Waals surface area (Å²) in [4.78, 5) is 19.8. The van der Waals surface area contributed by atoms with Crippen LogP contribution in [0.25, 0.3) is 10.9 Å². The molecule has 0 atom stereocenters. The lowest BCUT2D eigenvalue weighted by molar-refractivity contribution is -0.896. The number of carbonyl (C=O) groups excluding carboxylic acids is 1. The number of aromatic amines is 1. The number of anilines is 2. The lowest BCUT2D eigenvalue weighted by atomic mass is 10.1. The fourth-order valence-electron chi connectivity index (χ4n) is 4.04. The summed E-state index contributed by atoms with van der Waals surface area (Å²) in [5, 5.41) is 4.35. The van der Waals surface area contributed by atoms with Gasteiger partial charge >= 0.3 is 0 Å². The smallest absolute Gasteiger partial charge is 0.280 e. The minimum Gasteiger partial charge on any atom is -0.327 e. The molecule has 5 nitrogen and oxygen atoms in total. The fourth-order valence-corrected chi connectivity index (χ4v) is 4.04. The highest BCUT2D eigenvalue weighted by molar-refractivity contribution is 6.03. The molecule has 0 bridgehead atoms. The Hall–Kier alpha value is -2.14. The third-order valence-electron chi connectivity index (χ3n) is 5.35. The quantitative estimate of drug-likeness (QED) is 0.870. The molecule has 2 aliphatic heterocycles. The normalized spacial score (nSPS) is 18.0. The zero-order chi connectivity index (χ0) is 16.5. The van der Waals surface area contributed by atoms with Crippen LogP contribution in [-0.4, -0.2) is 39.1 Å². The number of H-pyrrole nitrogens is 1. The van der Waals surface area contributed by atoms with E-state index in [9.17, 15) is 4.79 Å². The zero-order valence-corrected chi connectivity index (χ0v) is 14.3. The third-order valence-corrected chi connectivity index (χ3v) is 5.35. The van der Waals surface area contributed by atoms with Crippen molar-refractivity contribution in [2.24, 2.45) is 0 Å². The van der Waals surface area contributed by atoms with Crippen molar-refractivity contribution in [2.45, 2.75) is 25.7 Å². The first-order chi connectivity index (χ1) is 11.7. The van der Waals surface area contributed by atoms with Crippen molar-refractivity contribution in [3.8, 4) is 0 Å². The van der Waals surface area contributed by atoms with E-state index in [0.29, 0.717) is 6.54 Å². The van der Waals surface area contributed by atoms with Crippen molar-refractivity contribution in [3.63, 3.8) is 0 Å². The van der Waals surface area contributed by atoms with Crippen molar-refractivity contribution in [2.75, 3.05) is 43.4 Å². The minimum atomic E-state index is 0.139. The average molecular weight is 326 g/mol. The lowest BCUT2D eigenvalue weighted by Gasteiger charge is -2.23. The van der Waals surface area contributed by atoms with E-state index in [4.69, 9.17) is 0 Å². The van der Waals surface area contributed by atoms with E-state index >= 15 is 0 Å². The number of amides is 1. The van der Waals surface area contributed by atoms with Gasteiger partial charge in [0.2, 0.25) is 0 Å². The van der Waals surface area contributed by atoms with Crippen molar-refractivity contribution >= 4 is 28.3 Å². The van der Waals surface area contributed by atoms with Gasteiger partial charge in [-0.1, -0.05) is 12.1 Å². The van der Waals surface area contributed by atoms with Gasteiger partial charge in [-0.2, -0.15) is 0 Å². The number of aromatic nitrogens is 1. The molecule has 0 saturated carbocycles. The number of carbonyl (C=O) groups is 1. The second kappa shape index (κ2) is 6.40. The number of likely N-dealkylation sites (tertiary alicyclic amines) is 1. The molecule has 1 saturated heterocycles. The minimum absolute atomic E-state index is 0.139. The van der Waals surface area contributed by atoms with E-state index in [2.05, 4.69) is 34.4 Å². The van der Waals surface area contributed by atoms with Gasteiger partial charge in [0.15, 0.2) is 6.54 Å². The zero-order valence-electron chi connectivity index (χ0n) is 14.3. The van der Waals surface area contributed by atoms with Gasteiger partial charge in [-0.3, -0.25) is 9.69 Å². The van der Waals surface area contributed by atoms with Gasteiger partial charge in [0.1, 0.15) is 5.52 Å². The number of para-hydroxylation sites is 1. The molecule has 2 aromatic rings. The lowest BCUT2D eigenvalue weighted by Crippen LogP contribution is -3.13. The van der Waals surface area contributed by atoms with Crippen LogP contribution in [0.15, 0.2) is 24.3 Å². The van der Waals surface area contributed by atoms with Crippen LogP contribution in [0, 0.1) is 0 Å². The Morgan fingerprint density at radius 2 is 2.04 bits per heavy atom. The van der Waals surface area contributed by atoms with Gasteiger partial charge in [-0.25, -0.2) is 4.98 Å². The van der Waals surface area contributed by atoms with E-state index in [1.165, 1.54) is 29.7 Å². The van der Waals surface area contributed by atoms with Crippen molar-refractivity contribution < 1.29 is 14.7 Å². The van der Waals surface area contributed by atoms with Crippen molar-refractivity contribution in [1.82, 2.24) is 0 Å². The topological polar surface area (TPSA) is 50.9 Å². The Morgan fingerprint density at radius 1 is 1.25 bits per heavy atom. The van der Waals surface area contributed by atoms with Crippen LogP contribution in [0.3, 0.4) is 0 Å². The predicted molar refractivity (Wildman–Crippen MR) is 95.5 cm³/mol. The molecule has 3 heterocycles. The molecular weight excluding hydrogens is 300 g/mol. The summed E-state index contributed by atoms with van der Waals surface area (Å²) in [6.45, 7) is 3.81. The van der Waals surface area contributed by atoms with E-state index < -0.39 is 0 Å². The number of nitrogens with zero attached hydrogens (tertiary/aromatic N) is 1. The summed E-state index contributed by atoms with van der Waals surface area (Å²) in [6.07, 6.45) is 4.77. The SMILES string of the molecule is CN1CCc2c1[nH+]c1ccccc1c2NC(=O)C[NH+]1CCCCC1. The average Bonchev–Trinajstić information content (AvgIpc) is 2.97. The first-order valence-corrected chi connectivity index (χ1v) is 9.04. The van der Waals surface area contributed by atoms with Crippen LogP contribution >= 0.6 is 0 Å². The second-order valence-electron chi connectivity index (χ2n) is 7.08.